The van der Waals surface area contributed by atoms with Crippen LogP contribution in [0.1, 0.15) is 28.4 Å². The Kier molecular flexibility index (Phi) is 8.41. The van der Waals surface area contributed by atoms with E-state index in [1.807, 2.05) is 32.9 Å². The first kappa shape index (κ1) is 22.6. The molecule has 0 aromatic heterocycles. The molecule has 0 unspecified atom stereocenters. The maximum absolute atomic E-state index is 12.5. The molecule has 3 N–H and O–H groups in total. The first-order chi connectivity index (χ1) is 13.8. The molecule has 0 aliphatic carbocycles. The first-order valence-electron chi connectivity index (χ1n) is 8.83. The molecule has 0 bridgehead atoms. The van der Waals surface area contributed by atoms with Gasteiger partial charge in [0.1, 0.15) is 11.5 Å². The van der Waals surface area contributed by atoms with Crippen molar-refractivity contribution in [3.63, 3.8) is 0 Å². The quantitative estimate of drug-likeness (QED) is 0.435. The van der Waals surface area contributed by atoms with E-state index < -0.39 is 11.8 Å². The van der Waals surface area contributed by atoms with Crippen LogP contribution in [0.2, 0.25) is 0 Å². The van der Waals surface area contributed by atoms with Gasteiger partial charge in [-0.3, -0.25) is 25.8 Å². The van der Waals surface area contributed by atoms with Gasteiger partial charge in [0.25, 0.3) is 11.8 Å². The van der Waals surface area contributed by atoms with Gasteiger partial charge in [0, 0.05) is 4.47 Å². The molecule has 29 heavy (non-hydrogen) atoms. The minimum atomic E-state index is -0.465. The van der Waals surface area contributed by atoms with Gasteiger partial charge in [-0.15, -0.1) is 0 Å². The van der Waals surface area contributed by atoms with Crippen molar-refractivity contribution in [2.24, 2.45) is 0 Å². The van der Waals surface area contributed by atoms with Crippen LogP contribution in [-0.2, 0) is 4.79 Å². The summed E-state index contributed by atoms with van der Waals surface area (Å²) in [6.45, 7) is 5.93. The summed E-state index contributed by atoms with van der Waals surface area (Å²) < 4.78 is 11.7. The third-order valence-electron chi connectivity index (χ3n) is 3.94. The summed E-state index contributed by atoms with van der Waals surface area (Å²) in [6.07, 6.45) is 0. The van der Waals surface area contributed by atoms with Crippen LogP contribution in [0.4, 0.5) is 0 Å². The Morgan fingerprint density at radius 2 is 1.83 bits per heavy atom. The number of hydrazine groups is 1. The lowest BCUT2D eigenvalue weighted by molar-refractivity contribution is -0.123. The van der Waals surface area contributed by atoms with Gasteiger partial charge in [-0.1, -0.05) is 28.1 Å². The van der Waals surface area contributed by atoms with Gasteiger partial charge in [0.2, 0.25) is 0 Å². The fourth-order valence-electron chi connectivity index (χ4n) is 2.35. The lowest BCUT2D eigenvalue weighted by Gasteiger charge is -2.14. The van der Waals surface area contributed by atoms with Crippen molar-refractivity contribution in [3.05, 3.63) is 57.6 Å². The Balaban J connectivity index is 1.85. The molecule has 2 aromatic rings. The van der Waals surface area contributed by atoms with Crippen molar-refractivity contribution in [2.45, 2.75) is 20.8 Å². The Bertz CT molecular complexity index is 921. The van der Waals surface area contributed by atoms with Gasteiger partial charge >= 0.3 is 0 Å². The number of benzene rings is 2. The summed E-state index contributed by atoms with van der Waals surface area (Å²) in [5, 5.41) is 2.44. The van der Waals surface area contributed by atoms with E-state index in [2.05, 4.69) is 32.1 Å². The van der Waals surface area contributed by atoms with Gasteiger partial charge in [-0.25, -0.2) is 0 Å². The summed E-state index contributed by atoms with van der Waals surface area (Å²) in [5.41, 5.74) is 7.22. The molecule has 0 aliphatic heterocycles. The molecule has 0 saturated heterocycles. The van der Waals surface area contributed by atoms with E-state index in [1.165, 1.54) is 0 Å². The maximum atomic E-state index is 12.5. The number of hydrogen-bond acceptors (Lipinski definition) is 5. The average molecular weight is 480 g/mol. The summed E-state index contributed by atoms with van der Waals surface area (Å²) >= 11 is 8.38. The number of ether oxygens (including phenoxy) is 2. The van der Waals surface area contributed by atoms with Crippen molar-refractivity contribution < 1.29 is 19.1 Å². The molecule has 2 amide bonds. The van der Waals surface area contributed by atoms with E-state index in [-0.39, 0.29) is 11.7 Å². The van der Waals surface area contributed by atoms with E-state index in [9.17, 15) is 9.59 Å². The summed E-state index contributed by atoms with van der Waals surface area (Å²) in [4.78, 5) is 24.4. The molecule has 0 fully saturated rings. The number of thiocarbonyl (C=S) groups is 1. The predicted molar refractivity (Wildman–Crippen MR) is 118 cm³/mol. The van der Waals surface area contributed by atoms with Crippen molar-refractivity contribution in [1.29, 1.82) is 0 Å². The van der Waals surface area contributed by atoms with Crippen LogP contribution in [0, 0.1) is 13.8 Å². The van der Waals surface area contributed by atoms with Crippen molar-refractivity contribution >= 4 is 45.1 Å². The highest BCUT2D eigenvalue weighted by Crippen LogP contribution is 2.23. The minimum Gasteiger partial charge on any atom is -0.493 e. The largest absolute Gasteiger partial charge is 0.493 e. The number of aryl methyl sites for hydroxylation is 1. The van der Waals surface area contributed by atoms with Gasteiger partial charge < -0.3 is 9.47 Å². The maximum Gasteiger partial charge on any atom is 0.276 e. The predicted octanol–water partition coefficient (Wildman–Crippen LogP) is 3.18. The number of nitrogens with one attached hydrogen (secondary N) is 3. The van der Waals surface area contributed by atoms with E-state index in [4.69, 9.17) is 21.7 Å². The van der Waals surface area contributed by atoms with Gasteiger partial charge in [-0.2, -0.15) is 0 Å². The standard InChI is InChI=1S/C20H22BrN3O4S/c1-4-27-17-9-8-14(21)10-15(17)19(26)22-20(29)24-23-18(25)11-28-16-7-5-6-12(2)13(16)3/h5-10H,4,11H2,1-3H3,(H,23,25)(H2,22,24,26,29). The third kappa shape index (κ3) is 6.72. The smallest absolute Gasteiger partial charge is 0.276 e. The zero-order valence-corrected chi connectivity index (χ0v) is 18.7. The molecule has 154 valence electrons. The molecule has 0 saturated carbocycles. The fraction of sp³-hybridized carbons (Fsp3) is 0.250. The molecule has 0 atom stereocenters. The van der Waals surface area contributed by atoms with E-state index in [0.29, 0.717) is 23.7 Å². The first-order valence-corrected chi connectivity index (χ1v) is 10.0. The monoisotopic (exact) mass is 479 g/mol. The zero-order chi connectivity index (χ0) is 21.4. The highest BCUT2D eigenvalue weighted by molar-refractivity contribution is 9.10. The Hall–Kier alpha value is -2.65. The normalized spacial score (nSPS) is 10.1. The Morgan fingerprint density at radius 1 is 1.07 bits per heavy atom. The van der Waals surface area contributed by atoms with Gasteiger partial charge in [-0.05, 0) is 68.4 Å². The molecule has 9 heteroatoms. The van der Waals surface area contributed by atoms with E-state index in [0.717, 1.165) is 15.6 Å². The highest BCUT2D eigenvalue weighted by atomic mass is 79.9. The summed E-state index contributed by atoms with van der Waals surface area (Å²) in [6, 6.07) is 10.7. The number of rotatable bonds is 6. The number of carbonyl (C=O) groups excluding carboxylic acids is 2. The van der Waals surface area contributed by atoms with Crippen LogP contribution in [0.5, 0.6) is 11.5 Å². The van der Waals surface area contributed by atoms with Crippen LogP contribution in [0.25, 0.3) is 0 Å². The number of amides is 2. The topological polar surface area (TPSA) is 88.7 Å². The zero-order valence-electron chi connectivity index (χ0n) is 16.3. The Morgan fingerprint density at radius 3 is 2.55 bits per heavy atom. The second kappa shape index (κ2) is 10.8. The molecule has 0 heterocycles. The van der Waals surface area contributed by atoms with Crippen molar-refractivity contribution in [3.8, 4) is 11.5 Å². The molecule has 7 nitrogen and oxygen atoms in total. The van der Waals surface area contributed by atoms with Crippen LogP contribution in [0.3, 0.4) is 0 Å². The third-order valence-corrected chi connectivity index (χ3v) is 4.64. The molecular formula is C20H22BrN3O4S. The fourth-order valence-corrected chi connectivity index (χ4v) is 2.85. The molecule has 2 aromatic carbocycles. The van der Waals surface area contributed by atoms with Crippen LogP contribution in [-0.4, -0.2) is 30.1 Å². The molecule has 2 rings (SSSR count). The van der Waals surface area contributed by atoms with Crippen molar-refractivity contribution in [2.75, 3.05) is 13.2 Å². The summed E-state index contributed by atoms with van der Waals surface area (Å²) in [7, 11) is 0. The lowest BCUT2D eigenvalue weighted by Crippen LogP contribution is -2.49. The Labute approximate surface area is 183 Å². The number of hydrogen-bond donors (Lipinski definition) is 3. The van der Waals surface area contributed by atoms with Gasteiger partial charge in [0.15, 0.2) is 11.7 Å². The van der Waals surface area contributed by atoms with Crippen LogP contribution >= 0.6 is 28.1 Å². The summed E-state index contributed by atoms with van der Waals surface area (Å²) in [5.74, 6) is 0.157. The second-order valence-corrected chi connectivity index (χ2v) is 7.34. The van der Waals surface area contributed by atoms with Crippen LogP contribution < -0.4 is 25.6 Å². The molecule has 0 radical (unpaired) electrons. The molecule has 0 spiro atoms. The highest BCUT2D eigenvalue weighted by Gasteiger charge is 2.15. The number of halogens is 1. The van der Waals surface area contributed by atoms with Crippen molar-refractivity contribution in [1.82, 2.24) is 16.2 Å². The van der Waals surface area contributed by atoms with Crippen LogP contribution in [0.15, 0.2) is 40.9 Å². The second-order valence-electron chi connectivity index (χ2n) is 6.02. The molecule has 0 aliphatic rings. The minimum absolute atomic E-state index is 0.0579. The SMILES string of the molecule is CCOc1ccc(Br)cc1C(=O)NC(=S)NNC(=O)COc1cccc(C)c1C. The lowest BCUT2D eigenvalue weighted by atomic mass is 10.1. The number of carbonyl (C=O) groups is 2. The average Bonchev–Trinajstić information content (AvgIpc) is 2.69. The molecular weight excluding hydrogens is 458 g/mol. The van der Waals surface area contributed by atoms with Gasteiger partial charge in [0.05, 0.1) is 12.2 Å². The van der Waals surface area contributed by atoms with E-state index in [1.54, 1.807) is 24.3 Å². The van der Waals surface area contributed by atoms with E-state index >= 15 is 0 Å².